The summed E-state index contributed by atoms with van der Waals surface area (Å²) < 4.78 is 12.1. The standard InChI is InChI=1S/C9H19FN2O/c1-7-3-8(11-2)5-12(7)6-9(13)4-10/h7-9,11,13H,3-6H2,1-2H3. The molecule has 3 nitrogen and oxygen atoms in total. The molecule has 0 aromatic rings. The number of likely N-dealkylation sites (tertiary alicyclic amines) is 1. The predicted molar refractivity (Wildman–Crippen MR) is 50.5 cm³/mol. The van der Waals surface area contributed by atoms with Crippen molar-refractivity contribution in [1.29, 1.82) is 0 Å². The second-order valence-electron chi connectivity index (χ2n) is 3.83. The number of alkyl halides is 1. The lowest BCUT2D eigenvalue weighted by Gasteiger charge is -2.22. The monoisotopic (exact) mass is 190 g/mol. The Morgan fingerprint density at radius 3 is 2.85 bits per heavy atom. The highest BCUT2D eigenvalue weighted by Gasteiger charge is 2.28. The summed E-state index contributed by atoms with van der Waals surface area (Å²) in [7, 11) is 1.94. The van der Waals surface area contributed by atoms with Crippen LogP contribution in [-0.2, 0) is 0 Å². The molecule has 0 bridgehead atoms. The molecular formula is C9H19FN2O. The fraction of sp³-hybridized carbons (Fsp3) is 1.00. The maximum Gasteiger partial charge on any atom is 0.117 e. The zero-order chi connectivity index (χ0) is 9.84. The average molecular weight is 190 g/mol. The number of nitrogens with one attached hydrogen (secondary N) is 1. The normalized spacial score (nSPS) is 32.3. The van der Waals surface area contributed by atoms with Crippen LogP contribution in [0.3, 0.4) is 0 Å². The van der Waals surface area contributed by atoms with Crippen molar-refractivity contribution in [3.63, 3.8) is 0 Å². The number of aliphatic hydroxyl groups is 1. The van der Waals surface area contributed by atoms with Gasteiger partial charge in [0.05, 0.1) is 6.10 Å². The molecule has 0 aliphatic carbocycles. The van der Waals surface area contributed by atoms with E-state index in [0.29, 0.717) is 18.6 Å². The Kier molecular flexibility index (Phi) is 4.09. The number of hydrogen-bond donors (Lipinski definition) is 2. The topological polar surface area (TPSA) is 35.5 Å². The molecule has 1 saturated heterocycles. The Labute approximate surface area is 78.9 Å². The Hall–Kier alpha value is -0.190. The molecule has 0 saturated carbocycles. The molecule has 0 aromatic heterocycles. The quantitative estimate of drug-likeness (QED) is 0.655. The summed E-state index contributed by atoms with van der Waals surface area (Å²) in [6.07, 6.45) is 0.258. The highest BCUT2D eigenvalue weighted by atomic mass is 19.1. The van der Waals surface area contributed by atoms with Gasteiger partial charge in [0, 0.05) is 25.2 Å². The summed E-state index contributed by atoms with van der Waals surface area (Å²) in [6.45, 7) is 2.83. The third-order valence-corrected chi connectivity index (χ3v) is 2.74. The molecule has 1 fully saturated rings. The number of likely N-dealkylation sites (N-methyl/N-ethyl adjacent to an activating group) is 1. The van der Waals surface area contributed by atoms with Gasteiger partial charge in [-0.15, -0.1) is 0 Å². The maximum atomic E-state index is 12.1. The number of aliphatic hydroxyl groups excluding tert-OH is 1. The van der Waals surface area contributed by atoms with Crippen molar-refractivity contribution in [2.24, 2.45) is 0 Å². The van der Waals surface area contributed by atoms with Crippen LogP contribution in [0, 0.1) is 0 Å². The summed E-state index contributed by atoms with van der Waals surface area (Å²) >= 11 is 0. The van der Waals surface area contributed by atoms with Crippen LogP contribution in [0.5, 0.6) is 0 Å². The first-order chi connectivity index (χ1) is 6.17. The molecule has 2 N–H and O–H groups in total. The molecule has 0 spiro atoms. The first kappa shape index (κ1) is 10.9. The largest absolute Gasteiger partial charge is 0.389 e. The van der Waals surface area contributed by atoms with Crippen molar-refractivity contribution in [1.82, 2.24) is 10.2 Å². The lowest BCUT2D eigenvalue weighted by Crippen LogP contribution is -2.37. The minimum absolute atomic E-state index is 0.443. The van der Waals surface area contributed by atoms with Crippen LogP contribution in [0.2, 0.25) is 0 Å². The van der Waals surface area contributed by atoms with Crippen LogP contribution in [-0.4, -0.2) is 55.0 Å². The van der Waals surface area contributed by atoms with E-state index in [9.17, 15) is 4.39 Å². The first-order valence-corrected chi connectivity index (χ1v) is 4.82. The van der Waals surface area contributed by atoms with Gasteiger partial charge in [0.25, 0.3) is 0 Å². The summed E-state index contributed by atoms with van der Waals surface area (Å²) in [5.41, 5.74) is 0. The maximum absolute atomic E-state index is 12.1. The molecule has 0 aromatic carbocycles. The molecule has 0 radical (unpaired) electrons. The minimum Gasteiger partial charge on any atom is -0.389 e. The Morgan fingerprint density at radius 2 is 2.38 bits per heavy atom. The van der Waals surface area contributed by atoms with Crippen molar-refractivity contribution in [2.75, 3.05) is 26.8 Å². The molecular weight excluding hydrogens is 171 g/mol. The van der Waals surface area contributed by atoms with Gasteiger partial charge in [-0.1, -0.05) is 0 Å². The lowest BCUT2D eigenvalue weighted by molar-refractivity contribution is 0.0866. The molecule has 1 rings (SSSR count). The van der Waals surface area contributed by atoms with Gasteiger partial charge >= 0.3 is 0 Å². The van der Waals surface area contributed by atoms with Gasteiger partial charge in [0.1, 0.15) is 6.67 Å². The molecule has 3 unspecified atom stereocenters. The second-order valence-corrected chi connectivity index (χ2v) is 3.83. The van der Waals surface area contributed by atoms with Gasteiger partial charge in [-0.2, -0.15) is 0 Å². The molecule has 1 aliphatic rings. The zero-order valence-corrected chi connectivity index (χ0v) is 8.33. The molecule has 78 valence electrons. The molecule has 0 amide bonds. The predicted octanol–water partition coefficient (Wildman–Crippen LogP) is -0.00100. The van der Waals surface area contributed by atoms with E-state index >= 15 is 0 Å². The van der Waals surface area contributed by atoms with E-state index < -0.39 is 12.8 Å². The van der Waals surface area contributed by atoms with Crippen molar-refractivity contribution in [3.05, 3.63) is 0 Å². The summed E-state index contributed by atoms with van der Waals surface area (Å²) in [6, 6.07) is 0.931. The first-order valence-electron chi connectivity index (χ1n) is 4.82. The van der Waals surface area contributed by atoms with Gasteiger partial charge in [0.15, 0.2) is 0 Å². The number of β-amino-alcohol motifs (C(OH)–C–C–N with tert-alkyl or cyclic N) is 1. The molecule has 3 atom stereocenters. The van der Waals surface area contributed by atoms with Crippen LogP contribution in [0.4, 0.5) is 4.39 Å². The number of nitrogens with zero attached hydrogens (tertiary/aromatic N) is 1. The van der Waals surface area contributed by atoms with Crippen molar-refractivity contribution in [3.8, 4) is 0 Å². The van der Waals surface area contributed by atoms with Crippen molar-refractivity contribution in [2.45, 2.75) is 31.5 Å². The molecule has 1 aliphatic heterocycles. The third-order valence-electron chi connectivity index (χ3n) is 2.74. The summed E-state index contributed by atoms with van der Waals surface area (Å²) in [5.74, 6) is 0. The number of halogens is 1. The van der Waals surface area contributed by atoms with E-state index in [-0.39, 0.29) is 0 Å². The SMILES string of the molecule is CNC1CC(C)N(CC(O)CF)C1. The Bertz CT molecular complexity index is 157. The van der Waals surface area contributed by atoms with E-state index in [4.69, 9.17) is 5.11 Å². The van der Waals surface area contributed by atoms with Crippen molar-refractivity contribution >= 4 is 0 Å². The van der Waals surface area contributed by atoms with E-state index in [1.54, 1.807) is 0 Å². The lowest BCUT2D eigenvalue weighted by atomic mass is 10.2. The highest BCUT2D eigenvalue weighted by Crippen LogP contribution is 2.17. The highest BCUT2D eigenvalue weighted by molar-refractivity contribution is 4.86. The van der Waals surface area contributed by atoms with E-state index in [1.807, 2.05) is 7.05 Å². The molecule has 4 heteroatoms. The number of hydrogen-bond acceptors (Lipinski definition) is 3. The summed E-state index contributed by atoms with van der Waals surface area (Å²) in [4.78, 5) is 2.13. The van der Waals surface area contributed by atoms with Gasteiger partial charge < -0.3 is 10.4 Å². The van der Waals surface area contributed by atoms with Crippen LogP contribution in [0.25, 0.3) is 0 Å². The van der Waals surface area contributed by atoms with Crippen LogP contribution in [0.1, 0.15) is 13.3 Å². The van der Waals surface area contributed by atoms with Gasteiger partial charge in [-0.25, -0.2) is 4.39 Å². The van der Waals surface area contributed by atoms with Gasteiger partial charge in [0.2, 0.25) is 0 Å². The molecule has 1 heterocycles. The third kappa shape index (κ3) is 2.90. The number of rotatable bonds is 4. The van der Waals surface area contributed by atoms with Crippen LogP contribution in [0.15, 0.2) is 0 Å². The Morgan fingerprint density at radius 1 is 1.69 bits per heavy atom. The van der Waals surface area contributed by atoms with Crippen molar-refractivity contribution < 1.29 is 9.50 Å². The van der Waals surface area contributed by atoms with E-state index in [0.717, 1.165) is 13.0 Å². The van der Waals surface area contributed by atoms with Gasteiger partial charge in [-0.05, 0) is 20.4 Å². The van der Waals surface area contributed by atoms with E-state index in [2.05, 4.69) is 17.1 Å². The fourth-order valence-corrected chi connectivity index (χ4v) is 1.88. The van der Waals surface area contributed by atoms with Crippen LogP contribution < -0.4 is 5.32 Å². The van der Waals surface area contributed by atoms with Crippen LogP contribution >= 0.6 is 0 Å². The smallest absolute Gasteiger partial charge is 0.117 e. The average Bonchev–Trinajstić information content (AvgIpc) is 2.47. The molecule has 13 heavy (non-hydrogen) atoms. The van der Waals surface area contributed by atoms with E-state index in [1.165, 1.54) is 0 Å². The minimum atomic E-state index is -0.821. The van der Waals surface area contributed by atoms with Gasteiger partial charge in [-0.3, -0.25) is 4.90 Å². The Balaban J connectivity index is 2.34. The summed E-state index contributed by atoms with van der Waals surface area (Å²) in [5, 5.41) is 12.4. The fourth-order valence-electron chi connectivity index (χ4n) is 1.88. The zero-order valence-electron chi connectivity index (χ0n) is 8.33. The second kappa shape index (κ2) is 4.88.